The Labute approximate surface area is 87.7 Å². The second-order valence-electron chi connectivity index (χ2n) is 4.01. The van der Waals surface area contributed by atoms with E-state index in [1.807, 2.05) is 0 Å². The maximum Gasteiger partial charge on any atom is 0.160 e. The van der Waals surface area contributed by atoms with Gasteiger partial charge in [0, 0.05) is 6.42 Å². The number of unbranched alkanes of at least 4 members (excludes halogenated alkanes) is 6. The average molecular weight is 200 g/mol. The second-order valence-corrected chi connectivity index (χ2v) is 4.01. The van der Waals surface area contributed by atoms with E-state index in [-0.39, 0.29) is 5.78 Å². The summed E-state index contributed by atoms with van der Waals surface area (Å²) in [5.41, 5.74) is 0. The van der Waals surface area contributed by atoms with E-state index in [1.165, 1.54) is 32.1 Å². The minimum absolute atomic E-state index is 0.0152. The van der Waals surface area contributed by atoms with Crippen molar-refractivity contribution in [2.75, 3.05) is 0 Å². The van der Waals surface area contributed by atoms with Crippen LogP contribution in [-0.4, -0.2) is 17.0 Å². The summed E-state index contributed by atoms with van der Waals surface area (Å²) in [4.78, 5) is 11.0. The van der Waals surface area contributed by atoms with Crippen molar-refractivity contribution in [1.82, 2.24) is 0 Å². The Bertz CT molecular complexity index is 141. The van der Waals surface area contributed by atoms with Gasteiger partial charge in [-0.05, 0) is 13.3 Å². The molecule has 0 aliphatic carbocycles. The number of rotatable bonds is 9. The molecular formula is C12H24O2. The van der Waals surface area contributed by atoms with Gasteiger partial charge in [-0.2, -0.15) is 0 Å². The molecule has 0 heterocycles. The number of Topliss-reactive ketones (excluding diaryl/α,β-unsaturated/α-hetero) is 1. The van der Waals surface area contributed by atoms with Gasteiger partial charge in [0.25, 0.3) is 0 Å². The molecule has 0 aromatic carbocycles. The van der Waals surface area contributed by atoms with E-state index in [2.05, 4.69) is 6.92 Å². The highest BCUT2D eigenvalue weighted by Crippen LogP contribution is 2.09. The van der Waals surface area contributed by atoms with Crippen LogP contribution in [0.15, 0.2) is 0 Å². The first-order valence-electron chi connectivity index (χ1n) is 5.89. The van der Waals surface area contributed by atoms with Crippen molar-refractivity contribution >= 4 is 5.78 Å². The smallest absolute Gasteiger partial charge is 0.160 e. The molecular weight excluding hydrogens is 176 g/mol. The van der Waals surface area contributed by atoms with E-state index in [4.69, 9.17) is 5.11 Å². The number of aliphatic hydroxyl groups is 1. The molecule has 1 N–H and O–H groups in total. The summed E-state index contributed by atoms with van der Waals surface area (Å²) in [7, 11) is 0. The highest BCUT2D eigenvalue weighted by molar-refractivity contribution is 5.82. The molecule has 0 aliphatic heterocycles. The fourth-order valence-corrected chi connectivity index (χ4v) is 1.47. The van der Waals surface area contributed by atoms with Gasteiger partial charge in [0.15, 0.2) is 5.78 Å². The topological polar surface area (TPSA) is 37.3 Å². The highest BCUT2D eigenvalue weighted by atomic mass is 16.3. The van der Waals surface area contributed by atoms with Crippen molar-refractivity contribution in [1.29, 1.82) is 0 Å². The molecule has 0 aromatic rings. The molecule has 2 nitrogen and oxygen atoms in total. The third-order valence-electron chi connectivity index (χ3n) is 2.49. The lowest BCUT2D eigenvalue weighted by atomic mass is 10.1. The fraction of sp³-hybridized carbons (Fsp3) is 0.917. The first-order valence-corrected chi connectivity index (χ1v) is 5.89. The molecule has 0 saturated heterocycles. The van der Waals surface area contributed by atoms with Crippen molar-refractivity contribution < 1.29 is 9.90 Å². The molecule has 0 aliphatic rings. The van der Waals surface area contributed by atoms with Crippen LogP contribution in [0.4, 0.5) is 0 Å². The Kier molecular flexibility index (Phi) is 8.95. The van der Waals surface area contributed by atoms with Crippen LogP contribution in [0.3, 0.4) is 0 Å². The van der Waals surface area contributed by atoms with Crippen LogP contribution in [-0.2, 0) is 4.79 Å². The van der Waals surface area contributed by atoms with E-state index in [1.54, 1.807) is 6.92 Å². The molecule has 0 unspecified atom stereocenters. The van der Waals surface area contributed by atoms with Crippen molar-refractivity contribution in [3.63, 3.8) is 0 Å². The van der Waals surface area contributed by atoms with Crippen molar-refractivity contribution in [3.05, 3.63) is 0 Å². The van der Waals surface area contributed by atoms with Gasteiger partial charge >= 0.3 is 0 Å². The number of ketones is 1. The van der Waals surface area contributed by atoms with Gasteiger partial charge in [-0.15, -0.1) is 0 Å². The van der Waals surface area contributed by atoms with Crippen LogP contribution < -0.4 is 0 Å². The maximum absolute atomic E-state index is 11.0. The van der Waals surface area contributed by atoms with E-state index < -0.39 is 6.10 Å². The molecule has 84 valence electrons. The minimum Gasteiger partial charge on any atom is -0.386 e. The van der Waals surface area contributed by atoms with E-state index in [0.717, 1.165) is 12.8 Å². The van der Waals surface area contributed by atoms with Gasteiger partial charge in [-0.1, -0.05) is 45.4 Å². The van der Waals surface area contributed by atoms with Crippen molar-refractivity contribution in [3.8, 4) is 0 Å². The second kappa shape index (κ2) is 9.20. The number of carbonyl (C=O) groups is 1. The fourth-order valence-electron chi connectivity index (χ4n) is 1.47. The molecule has 0 saturated carbocycles. The molecule has 0 aromatic heterocycles. The van der Waals surface area contributed by atoms with Crippen LogP contribution in [0.2, 0.25) is 0 Å². The normalized spacial score (nSPS) is 12.8. The van der Waals surface area contributed by atoms with Crippen molar-refractivity contribution in [2.45, 2.75) is 71.3 Å². The van der Waals surface area contributed by atoms with E-state index in [9.17, 15) is 4.79 Å². The SMILES string of the molecule is CCCCCCCCCC(=O)[C@H](C)O. The minimum atomic E-state index is -0.768. The van der Waals surface area contributed by atoms with E-state index in [0.29, 0.717) is 6.42 Å². The summed E-state index contributed by atoms with van der Waals surface area (Å²) >= 11 is 0. The molecule has 0 bridgehead atoms. The van der Waals surface area contributed by atoms with E-state index >= 15 is 0 Å². The van der Waals surface area contributed by atoms with Gasteiger partial charge in [-0.3, -0.25) is 4.79 Å². The summed E-state index contributed by atoms with van der Waals surface area (Å²) in [5.74, 6) is -0.0152. The molecule has 2 heteroatoms. The molecule has 14 heavy (non-hydrogen) atoms. The Balaban J connectivity index is 3.10. The zero-order valence-electron chi connectivity index (χ0n) is 9.59. The molecule has 0 amide bonds. The van der Waals surface area contributed by atoms with Gasteiger partial charge < -0.3 is 5.11 Å². The number of carbonyl (C=O) groups excluding carboxylic acids is 1. The summed E-state index contributed by atoms with van der Waals surface area (Å²) in [5, 5.41) is 8.94. The van der Waals surface area contributed by atoms with Crippen LogP contribution in [0, 0.1) is 0 Å². The number of hydrogen-bond acceptors (Lipinski definition) is 2. The van der Waals surface area contributed by atoms with Gasteiger partial charge in [0.1, 0.15) is 6.10 Å². The number of aliphatic hydroxyl groups excluding tert-OH is 1. The molecule has 0 rings (SSSR count). The number of hydrogen-bond donors (Lipinski definition) is 1. The third kappa shape index (κ3) is 8.24. The molecule has 0 radical (unpaired) electrons. The average Bonchev–Trinajstić information content (AvgIpc) is 2.16. The largest absolute Gasteiger partial charge is 0.386 e. The lowest BCUT2D eigenvalue weighted by Gasteiger charge is -2.03. The summed E-state index contributed by atoms with van der Waals surface area (Å²) in [6.45, 7) is 3.75. The Morgan fingerprint density at radius 3 is 2.07 bits per heavy atom. The molecule has 0 fully saturated rings. The predicted octanol–water partition coefficient (Wildman–Crippen LogP) is 3.08. The lowest BCUT2D eigenvalue weighted by molar-refractivity contribution is -0.126. The Morgan fingerprint density at radius 2 is 1.57 bits per heavy atom. The Hall–Kier alpha value is -0.370. The van der Waals surface area contributed by atoms with Gasteiger partial charge in [-0.25, -0.2) is 0 Å². The van der Waals surface area contributed by atoms with Crippen molar-refractivity contribution in [2.24, 2.45) is 0 Å². The van der Waals surface area contributed by atoms with Crippen LogP contribution in [0.5, 0.6) is 0 Å². The zero-order chi connectivity index (χ0) is 10.8. The maximum atomic E-state index is 11.0. The molecule has 1 atom stereocenters. The quantitative estimate of drug-likeness (QED) is 0.581. The first kappa shape index (κ1) is 13.6. The standard InChI is InChI=1S/C12H24O2/c1-3-4-5-6-7-8-9-10-12(14)11(2)13/h11,13H,3-10H2,1-2H3/t11-/m0/s1. The van der Waals surface area contributed by atoms with Crippen LogP contribution in [0.1, 0.15) is 65.2 Å². The predicted molar refractivity (Wildman–Crippen MR) is 59.3 cm³/mol. The summed E-state index contributed by atoms with van der Waals surface area (Å²) in [6.07, 6.45) is 8.29. The summed E-state index contributed by atoms with van der Waals surface area (Å²) < 4.78 is 0. The van der Waals surface area contributed by atoms with Gasteiger partial charge in [0.05, 0.1) is 0 Å². The first-order chi connectivity index (χ1) is 6.68. The Morgan fingerprint density at radius 1 is 1.07 bits per heavy atom. The summed E-state index contributed by atoms with van der Waals surface area (Å²) in [6, 6.07) is 0. The van der Waals surface area contributed by atoms with Crippen LogP contribution in [0.25, 0.3) is 0 Å². The highest BCUT2D eigenvalue weighted by Gasteiger charge is 2.07. The molecule has 0 spiro atoms. The lowest BCUT2D eigenvalue weighted by Crippen LogP contribution is -2.15. The van der Waals surface area contributed by atoms with Crippen LogP contribution >= 0.6 is 0 Å². The monoisotopic (exact) mass is 200 g/mol. The zero-order valence-corrected chi connectivity index (χ0v) is 9.59. The van der Waals surface area contributed by atoms with Gasteiger partial charge in [0.2, 0.25) is 0 Å². The third-order valence-corrected chi connectivity index (χ3v) is 2.49.